The number of aryl methyl sites for hydroxylation is 1. The number of hydrogen-bond acceptors (Lipinski definition) is 3. The highest BCUT2D eigenvalue weighted by molar-refractivity contribution is 5.96. The predicted octanol–water partition coefficient (Wildman–Crippen LogP) is 2.52. The molecule has 5 heteroatoms. The Labute approximate surface area is 142 Å². The van der Waals surface area contributed by atoms with E-state index >= 15 is 0 Å². The van der Waals surface area contributed by atoms with Gasteiger partial charge in [-0.3, -0.25) is 15.4 Å². The fourth-order valence-corrected chi connectivity index (χ4v) is 2.40. The lowest BCUT2D eigenvalue weighted by atomic mass is 9.97. The molecular formula is C19H23N3O2. The summed E-state index contributed by atoms with van der Waals surface area (Å²) in [6, 6.07) is 16.9. The van der Waals surface area contributed by atoms with Crippen LogP contribution in [0.2, 0.25) is 0 Å². The zero-order valence-corrected chi connectivity index (χ0v) is 14.2. The Hall–Kier alpha value is -2.66. The highest BCUT2D eigenvalue weighted by Gasteiger charge is 2.21. The lowest BCUT2D eigenvalue weighted by molar-refractivity contribution is -0.121. The van der Waals surface area contributed by atoms with Gasteiger partial charge >= 0.3 is 6.03 Å². The van der Waals surface area contributed by atoms with Gasteiger partial charge in [0.05, 0.1) is 12.1 Å². The number of nitrogens with one attached hydrogen (secondary N) is 3. The van der Waals surface area contributed by atoms with E-state index in [1.54, 1.807) is 6.92 Å². The molecule has 126 valence electrons. The number of carbonyl (C=O) groups excluding carboxylic acids is 2. The molecule has 0 aliphatic heterocycles. The van der Waals surface area contributed by atoms with Crippen LogP contribution in [0.4, 0.5) is 4.79 Å². The summed E-state index contributed by atoms with van der Waals surface area (Å²) in [5, 5.41) is 7.98. The van der Waals surface area contributed by atoms with Crippen molar-refractivity contribution < 1.29 is 9.59 Å². The van der Waals surface area contributed by atoms with Crippen molar-refractivity contribution in [2.75, 3.05) is 7.05 Å². The van der Waals surface area contributed by atoms with Gasteiger partial charge in [0, 0.05) is 7.05 Å². The third-order valence-electron chi connectivity index (χ3n) is 3.82. The van der Waals surface area contributed by atoms with Gasteiger partial charge in [0.25, 0.3) is 0 Å². The molecule has 2 aromatic rings. The minimum atomic E-state index is -0.534. The zero-order chi connectivity index (χ0) is 17.5. The fraction of sp³-hybridized carbons (Fsp3) is 0.263. The molecule has 0 aliphatic carbocycles. The van der Waals surface area contributed by atoms with Gasteiger partial charge in [-0.1, -0.05) is 60.2 Å². The van der Waals surface area contributed by atoms with Crippen LogP contribution in [0, 0.1) is 6.92 Å². The lowest BCUT2D eigenvalue weighted by Crippen LogP contribution is -2.48. The monoisotopic (exact) mass is 325 g/mol. The van der Waals surface area contributed by atoms with Gasteiger partial charge in [-0.25, -0.2) is 4.79 Å². The second-order valence-corrected chi connectivity index (χ2v) is 5.71. The molecule has 0 radical (unpaired) electrons. The molecule has 0 unspecified atom stereocenters. The van der Waals surface area contributed by atoms with Gasteiger partial charge in [0.2, 0.25) is 5.91 Å². The van der Waals surface area contributed by atoms with Crippen molar-refractivity contribution in [2.45, 2.75) is 25.9 Å². The largest absolute Gasteiger partial charge is 0.341 e. The molecule has 2 aromatic carbocycles. The summed E-state index contributed by atoms with van der Waals surface area (Å²) in [5.41, 5.74) is 3.29. The molecule has 0 fully saturated rings. The van der Waals surface area contributed by atoms with Crippen molar-refractivity contribution in [3.63, 3.8) is 0 Å². The third kappa shape index (κ3) is 4.67. The first-order valence-corrected chi connectivity index (χ1v) is 7.91. The number of carbonyl (C=O) groups is 2. The number of imide groups is 1. The van der Waals surface area contributed by atoms with Gasteiger partial charge in [0.15, 0.2) is 0 Å². The normalized spacial score (nSPS) is 13.0. The average Bonchev–Trinajstić information content (AvgIpc) is 2.61. The summed E-state index contributed by atoms with van der Waals surface area (Å²) in [7, 11) is 1.47. The molecule has 0 saturated carbocycles. The van der Waals surface area contributed by atoms with E-state index in [1.165, 1.54) is 12.6 Å². The minimum Gasteiger partial charge on any atom is -0.341 e. The lowest BCUT2D eigenvalue weighted by Gasteiger charge is -2.24. The molecule has 24 heavy (non-hydrogen) atoms. The summed E-state index contributed by atoms with van der Waals surface area (Å²) in [6.45, 7) is 3.77. The van der Waals surface area contributed by atoms with Gasteiger partial charge in [0.1, 0.15) is 0 Å². The predicted molar refractivity (Wildman–Crippen MR) is 94.7 cm³/mol. The Morgan fingerprint density at radius 1 is 0.917 bits per heavy atom. The van der Waals surface area contributed by atoms with E-state index in [2.05, 4.69) is 16.0 Å². The van der Waals surface area contributed by atoms with E-state index in [9.17, 15) is 9.59 Å². The molecule has 5 nitrogen and oxygen atoms in total. The van der Waals surface area contributed by atoms with Crippen LogP contribution in [-0.2, 0) is 4.79 Å². The van der Waals surface area contributed by atoms with E-state index < -0.39 is 12.1 Å². The summed E-state index contributed by atoms with van der Waals surface area (Å²) in [6.07, 6.45) is 0. The maximum Gasteiger partial charge on any atom is 0.321 e. The van der Waals surface area contributed by atoms with Crippen LogP contribution in [0.1, 0.15) is 29.7 Å². The summed E-state index contributed by atoms with van der Waals surface area (Å²) in [4.78, 5) is 23.4. The maximum absolute atomic E-state index is 12.1. The number of benzene rings is 2. The molecule has 2 rings (SSSR count). The van der Waals surface area contributed by atoms with Gasteiger partial charge in [-0.05, 0) is 25.0 Å². The molecule has 0 saturated heterocycles. The Bertz CT molecular complexity index is 684. The standard InChI is InChI=1S/C19H23N3O2/c1-13-9-11-16(12-10-13)17(15-7-5-4-6-8-15)21-14(2)18(23)22-19(24)20-3/h4-12,14,17,21H,1-3H3,(H2,20,22,23,24)/t14-,17-/m0/s1. The minimum absolute atomic E-state index is 0.141. The van der Waals surface area contributed by atoms with Crippen molar-refractivity contribution in [3.05, 3.63) is 71.3 Å². The van der Waals surface area contributed by atoms with Crippen molar-refractivity contribution in [1.29, 1.82) is 0 Å². The molecule has 0 spiro atoms. The first kappa shape index (κ1) is 17.7. The van der Waals surface area contributed by atoms with Crippen LogP contribution in [0.15, 0.2) is 54.6 Å². The second-order valence-electron chi connectivity index (χ2n) is 5.71. The van der Waals surface area contributed by atoms with Crippen molar-refractivity contribution in [3.8, 4) is 0 Å². The molecule has 0 heterocycles. The quantitative estimate of drug-likeness (QED) is 0.791. The molecular weight excluding hydrogens is 302 g/mol. The smallest absolute Gasteiger partial charge is 0.321 e. The number of urea groups is 1. The van der Waals surface area contributed by atoms with Gasteiger partial charge in [-0.2, -0.15) is 0 Å². The summed E-state index contributed by atoms with van der Waals surface area (Å²) >= 11 is 0. The zero-order valence-electron chi connectivity index (χ0n) is 14.2. The Kier molecular flexibility index (Phi) is 6.09. The van der Waals surface area contributed by atoms with Crippen LogP contribution in [0.5, 0.6) is 0 Å². The van der Waals surface area contributed by atoms with E-state index in [0.29, 0.717) is 0 Å². The summed E-state index contributed by atoms with van der Waals surface area (Å²) in [5.74, 6) is -0.373. The Morgan fingerprint density at radius 2 is 1.50 bits per heavy atom. The van der Waals surface area contributed by atoms with Crippen molar-refractivity contribution in [1.82, 2.24) is 16.0 Å². The highest BCUT2D eigenvalue weighted by Crippen LogP contribution is 2.23. The molecule has 0 aliphatic rings. The van der Waals surface area contributed by atoms with E-state index in [4.69, 9.17) is 0 Å². The molecule has 2 atom stereocenters. The second kappa shape index (κ2) is 8.26. The van der Waals surface area contributed by atoms with Crippen molar-refractivity contribution in [2.24, 2.45) is 0 Å². The van der Waals surface area contributed by atoms with Gasteiger partial charge < -0.3 is 5.32 Å². The van der Waals surface area contributed by atoms with Crippen LogP contribution < -0.4 is 16.0 Å². The fourth-order valence-electron chi connectivity index (χ4n) is 2.40. The van der Waals surface area contributed by atoms with E-state index in [-0.39, 0.29) is 11.9 Å². The molecule has 0 bridgehead atoms. The number of hydrogen-bond donors (Lipinski definition) is 3. The Balaban J connectivity index is 2.22. The highest BCUT2D eigenvalue weighted by atomic mass is 16.2. The van der Waals surface area contributed by atoms with Crippen molar-refractivity contribution >= 4 is 11.9 Å². The average molecular weight is 325 g/mol. The first-order valence-electron chi connectivity index (χ1n) is 7.91. The molecule has 3 amide bonds. The van der Waals surface area contributed by atoms with E-state index in [1.807, 2.05) is 61.5 Å². The topological polar surface area (TPSA) is 70.2 Å². The maximum atomic E-state index is 12.1. The number of amides is 3. The number of rotatable bonds is 5. The van der Waals surface area contributed by atoms with Crippen LogP contribution in [0.3, 0.4) is 0 Å². The van der Waals surface area contributed by atoms with Crippen LogP contribution in [0.25, 0.3) is 0 Å². The summed E-state index contributed by atoms with van der Waals surface area (Å²) < 4.78 is 0. The molecule has 0 aromatic heterocycles. The first-order chi connectivity index (χ1) is 11.5. The molecule has 3 N–H and O–H groups in total. The van der Waals surface area contributed by atoms with Crippen LogP contribution >= 0.6 is 0 Å². The van der Waals surface area contributed by atoms with E-state index in [0.717, 1.165) is 11.1 Å². The third-order valence-corrected chi connectivity index (χ3v) is 3.82. The van der Waals surface area contributed by atoms with Crippen LogP contribution in [-0.4, -0.2) is 25.0 Å². The SMILES string of the molecule is CNC(=O)NC(=O)[C@H](C)N[C@@H](c1ccccc1)c1ccc(C)cc1. The van der Waals surface area contributed by atoms with Gasteiger partial charge in [-0.15, -0.1) is 0 Å². The Morgan fingerprint density at radius 3 is 2.08 bits per heavy atom.